The molecular formula is C18H12N4O4. The summed E-state index contributed by atoms with van der Waals surface area (Å²) >= 11 is 0. The van der Waals surface area contributed by atoms with Crippen LogP contribution in [0.4, 0.5) is 5.69 Å². The lowest BCUT2D eigenvalue weighted by molar-refractivity contribution is -0.385. The number of benzene rings is 2. The van der Waals surface area contributed by atoms with Crippen molar-refractivity contribution in [3.63, 3.8) is 0 Å². The van der Waals surface area contributed by atoms with Gasteiger partial charge >= 0.3 is 0 Å². The number of aromatic amines is 1. The highest BCUT2D eigenvalue weighted by Crippen LogP contribution is 2.17. The molecule has 1 aliphatic heterocycles. The average molecular weight is 348 g/mol. The van der Waals surface area contributed by atoms with Crippen molar-refractivity contribution in [1.82, 2.24) is 9.78 Å². The van der Waals surface area contributed by atoms with E-state index < -0.39 is 16.4 Å². The molecule has 0 bridgehead atoms. The van der Waals surface area contributed by atoms with E-state index in [1.165, 1.54) is 22.9 Å². The Hall–Kier alpha value is -3.81. The summed E-state index contributed by atoms with van der Waals surface area (Å²) in [7, 11) is 0. The molecule has 2 heterocycles. The van der Waals surface area contributed by atoms with Gasteiger partial charge in [0, 0.05) is 23.0 Å². The number of nitrogens with zero attached hydrogens (tertiary/aromatic N) is 3. The van der Waals surface area contributed by atoms with Gasteiger partial charge in [0.25, 0.3) is 17.2 Å². The first-order chi connectivity index (χ1) is 12.5. The number of rotatable bonds is 3. The zero-order valence-corrected chi connectivity index (χ0v) is 13.6. The minimum atomic E-state index is -0.583. The molecule has 2 aromatic carbocycles. The Morgan fingerprint density at radius 2 is 1.85 bits per heavy atom. The van der Waals surface area contributed by atoms with Gasteiger partial charge in [-0.15, -0.1) is 0 Å². The smallest absolute Gasteiger partial charge is 0.279 e. The molecule has 0 saturated heterocycles. The molecule has 0 radical (unpaired) electrons. The number of aromatic nitrogens is 2. The highest BCUT2D eigenvalue weighted by Gasteiger charge is 2.26. The van der Waals surface area contributed by atoms with Gasteiger partial charge in [0.15, 0.2) is 0 Å². The number of aryl methyl sites for hydroxylation is 1. The van der Waals surface area contributed by atoms with Crippen LogP contribution < -0.4 is 16.1 Å². The van der Waals surface area contributed by atoms with Gasteiger partial charge in [0.05, 0.1) is 27.1 Å². The number of carbonyl (C=O) groups excluding carboxylic acids is 1. The summed E-state index contributed by atoms with van der Waals surface area (Å²) in [6.07, 6.45) is 0. The van der Waals surface area contributed by atoms with E-state index in [0.29, 0.717) is 22.0 Å². The minimum Gasteiger partial charge on any atom is -0.295 e. The maximum absolute atomic E-state index is 12.9. The van der Waals surface area contributed by atoms with E-state index in [1.807, 2.05) is 6.07 Å². The van der Waals surface area contributed by atoms with Crippen LogP contribution >= 0.6 is 0 Å². The van der Waals surface area contributed by atoms with Gasteiger partial charge in [0.1, 0.15) is 0 Å². The fraction of sp³-hybridized carbons (Fsp3) is 0.0556. The highest BCUT2D eigenvalue weighted by atomic mass is 16.6. The van der Waals surface area contributed by atoms with Gasteiger partial charge in [-0.3, -0.25) is 24.8 Å². The first-order valence-electron chi connectivity index (χ1n) is 7.76. The van der Waals surface area contributed by atoms with Crippen molar-refractivity contribution < 1.29 is 9.72 Å². The summed E-state index contributed by atoms with van der Waals surface area (Å²) in [5.41, 5.74) is 0.777. The maximum Gasteiger partial charge on any atom is 0.279 e. The minimum absolute atomic E-state index is 0.0807. The number of hydrogen-bond acceptors (Lipinski definition) is 4. The van der Waals surface area contributed by atoms with Gasteiger partial charge in [-0.2, -0.15) is 0 Å². The van der Waals surface area contributed by atoms with Gasteiger partial charge in [-0.1, -0.05) is 18.2 Å². The van der Waals surface area contributed by atoms with Crippen LogP contribution in [0.25, 0.3) is 11.3 Å². The summed E-state index contributed by atoms with van der Waals surface area (Å²) in [5.74, 6) is -0.583. The number of amides is 1. The van der Waals surface area contributed by atoms with Crippen LogP contribution in [0, 0.1) is 17.0 Å². The molecule has 0 unspecified atom stereocenters. The monoisotopic (exact) mass is 348 g/mol. The number of non-ortho nitro benzene ring substituents is 1. The summed E-state index contributed by atoms with van der Waals surface area (Å²) in [6.45, 7) is 1.67. The van der Waals surface area contributed by atoms with Crippen molar-refractivity contribution in [3.05, 3.63) is 90.8 Å². The molecule has 3 aromatic rings. The third-order valence-corrected chi connectivity index (χ3v) is 4.23. The van der Waals surface area contributed by atoms with E-state index in [0.717, 1.165) is 0 Å². The fourth-order valence-electron chi connectivity index (χ4n) is 3.06. The molecule has 4 rings (SSSR count). The topological polar surface area (TPSA) is 110 Å². The van der Waals surface area contributed by atoms with E-state index in [2.05, 4.69) is 10.1 Å². The molecule has 1 N–H and O–H groups in total. The lowest BCUT2D eigenvalue weighted by atomic mass is 10.0. The molecule has 0 spiro atoms. The number of para-hydroxylation sites is 1. The zero-order valence-electron chi connectivity index (χ0n) is 13.6. The number of hydrogen-bond donors (Lipinski definition) is 1. The van der Waals surface area contributed by atoms with Crippen molar-refractivity contribution in [2.24, 2.45) is 4.99 Å². The molecule has 0 saturated carbocycles. The molecular weight excluding hydrogens is 336 g/mol. The molecule has 1 amide bonds. The Bertz CT molecular complexity index is 1250. The van der Waals surface area contributed by atoms with Crippen LogP contribution in [0.1, 0.15) is 11.3 Å². The van der Waals surface area contributed by atoms with E-state index >= 15 is 0 Å². The molecule has 8 nitrogen and oxygen atoms in total. The number of nitro groups is 1. The number of fused-ring (bicyclic) bond motifs is 1. The highest BCUT2D eigenvalue weighted by molar-refractivity contribution is 6.21. The Kier molecular flexibility index (Phi) is 3.40. The van der Waals surface area contributed by atoms with E-state index in [4.69, 9.17) is 0 Å². The van der Waals surface area contributed by atoms with Gasteiger partial charge in [-0.05, 0) is 25.1 Å². The predicted molar refractivity (Wildman–Crippen MR) is 92.5 cm³/mol. The number of carbonyl (C=O) groups is 1. The molecule has 1 aliphatic rings. The second kappa shape index (κ2) is 5.62. The van der Waals surface area contributed by atoms with Crippen LogP contribution in [0.15, 0.2) is 58.3 Å². The zero-order chi connectivity index (χ0) is 18.4. The van der Waals surface area contributed by atoms with Crippen LogP contribution in [0.5, 0.6) is 0 Å². The standard InChI is InChI=1S/C18H12N4O4/c1-10-15(18(24)21(20-10)11-5-3-2-4-6-11)16-13-9-12(22(25)26)7-8-14(13)19-17(16)23/h2-9,20H,1H3. The van der Waals surface area contributed by atoms with Gasteiger partial charge in [0.2, 0.25) is 0 Å². The van der Waals surface area contributed by atoms with E-state index in [1.54, 1.807) is 31.2 Å². The molecule has 0 aliphatic carbocycles. The summed E-state index contributed by atoms with van der Waals surface area (Å²) in [6, 6.07) is 12.9. The van der Waals surface area contributed by atoms with Crippen LogP contribution in [-0.2, 0) is 4.79 Å². The van der Waals surface area contributed by atoms with Crippen molar-refractivity contribution in [2.45, 2.75) is 6.92 Å². The Balaban J connectivity index is 2.03. The first kappa shape index (κ1) is 15.7. The lowest BCUT2D eigenvalue weighted by Crippen LogP contribution is -2.26. The van der Waals surface area contributed by atoms with Crippen molar-refractivity contribution in [1.29, 1.82) is 0 Å². The number of nitro benzene ring substituents is 1. The maximum atomic E-state index is 12.9. The van der Waals surface area contributed by atoms with E-state index in [-0.39, 0.29) is 16.8 Å². The predicted octanol–water partition coefficient (Wildman–Crippen LogP) is 0.741. The number of H-pyrrole nitrogens is 1. The van der Waals surface area contributed by atoms with Gasteiger partial charge in [-0.25, -0.2) is 9.67 Å². The number of nitrogens with one attached hydrogen (secondary N) is 1. The average Bonchev–Trinajstić information content (AvgIpc) is 3.10. The van der Waals surface area contributed by atoms with Crippen molar-refractivity contribution in [3.8, 4) is 5.69 Å². The second-order valence-electron chi connectivity index (χ2n) is 5.84. The second-order valence-corrected chi connectivity index (χ2v) is 5.84. The molecule has 8 heteroatoms. The van der Waals surface area contributed by atoms with Crippen LogP contribution in [0.3, 0.4) is 0 Å². The molecule has 0 fully saturated rings. The Morgan fingerprint density at radius 3 is 2.54 bits per heavy atom. The fourth-order valence-corrected chi connectivity index (χ4v) is 3.06. The molecule has 0 atom stereocenters. The van der Waals surface area contributed by atoms with Crippen LogP contribution in [-0.4, -0.2) is 20.6 Å². The molecule has 26 heavy (non-hydrogen) atoms. The lowest BCUT2D eigenvalue weighted by Gasteiger charge is -1.99. The molecule has 128 valence electrons. The Labute approximate surface area is 145 Å². The Morgan fingerprint density at radius 1 is 1.12 bits per heavy atom. The SMILES string of the molecule is Cc1[nH]n(-c2ccccc2)c(=O)c1C1=c2cc([N+](=O)[O-])ccc2=NC1=O. The van der Waals surface area contributed by atoms with E-state index in [9.17, 15) is 19.7 Å². The summed E-state index contributed by atoms with van der Waals surface area (Å²) < 4.78 is 1.33. The summed E-state index contributed by atoms with van der Waals surface area (Å²) in [5, 5.41) is 14.6. The molecule has 1 aromatic heterocycles. The first-order valence-corrected chi connectivity index (χ1v) is 7.76. The van der Waals surface area contributed by atoms with Crippen LogP contribution in [0.2, 0.25) is 0 Å². The largest absolute Gasteiger partial charge is 0.295 e. The third kappa shape index (κ3) is 2.27. The normalized spacial score (nSPS) is 12.8. The summed E-state index contributed by atoms with van der Waals surface area (Å²) in [4.78, 5) is 39.8. The van der Waals surface area contributed by atoms with Crippen molar-refractivity contribution in [2.75, 3.05) is 0 Å². The van der Waals surface area contributed by atoms with Crippen molar-refractivity contribution >= 4 is 17.2 Å². The quantitative estimate of drug-likeness (QED) is 0.556. The third-order valence-electron chi connectivity index (χ3n) is 4.23. The van der Waals surface area contributed by atoms with Gasteiger partial charge < -0.3 is 0 Å².